The largest absolute Gasteiger partial charge is 0.295 e. The molecule has 0 amide bonds. The molecule has 19 heavy (non-hydrogen) atoms. The van der Waals surface area contributed by atoms with Gasteiger partial charge in [0.2, 0.25) is 0 Å². The van der Waals surface area contributed by atoms with E-state index in [1.54, 1.807) is 6.92 Å². The van der Waals surface area contributed by atoms with E-state index in [-0.39, 0.29) is 5.78 Å². The molecule has 0 spiro atoms. The van der Waals surface area contributed by atoms with Crippen molar-refractivity contribution in [2.24, 2.45) is 0 Å². The number of rotatable bonds is 2. The molecule has 0 unspecified atom stereocenters. The van der Waals surface area contributed by atoms with E-state index >= 15 is 0 Å². The summed E-state index contributed by atoms with van der Waals surface area (Å²) in [6, 6.07) is 22.4. The van der Waals surface area contributed by atoms with E-state index in [0.29, 0.717) is 0 Å². The first-order valence-electron chi connectivity index (χ1n) is 6.35. The minimum atomic E-state index is 0.102. The standard InChI is InChI=1S/C18H14O/c1-13(19)14-7-9-16(10-8-14)18-12-11-15-5-3-2-4-6-17(15)18/h2-12H,1H3. The molecule has 0 atom stereocenters. The van der Waals surface area contributed by atoms with Gasteiger partial charge < -0.3 is 0 Å². The SMILES string of the molecule is CC(=O)c1ccc(-c2ccc3cccccc2-3)cc1. The quantitative estimate of drug-likeness (QED) is 0.601. The molecule has 1 aromatic rings. The van der Waals surface area contributed by atoms with E-state index in [9.17, 15) is 4.79 Å². The Balaban J connectivity index is 2.09. The third-order valence-corrected chi connectivity index (χ3v) is 3.39. The maximum atomic E-state index is 11.3. The van der Waals surface area contributed by atoms with Crippen LogP contribution in [0, 0.1) is 0 Å². The van der Waals surface area contributed by atoms with Crippen molar-refractivity contribution < 1.29 is 4.79 Å². The fraction of sp³-hybridized carbons (Fsp3) is 0.0556. The maximum Gasteiger partial charge on any atom is 0.159 e. The summed E-state index contributed by atoms with van der Waals surface area (Å²) in [6.07, 6.45) is 0. The summed E-state index contributed by atoms with van der Waals surface area (Å²) in [5.74, 6) is 0.102. The molecular formula is C18H14O. The lowest BCUT2D eigenvalue weighted by Gasteiger charge is -2.03. The fourth-order valence-electron chi connectivity index (χ4n) is 2.35. The fourth-order valence-corrected chi connectivity index (χ4v) is 2.35. The van der Waals surface area contributed by atoms with Crippen LogP contribution in [0.25, 0.3) is 22.3 Å². The lowest BCUT2D eigenvalue weighted by molar-refractivity contribution is 0.101. The van der Waals surface area contributed by atoms with E-state index in [1.807, 2.05) is 36.4 Å². The molecule has 1 aromatic carbocycles. The van der Waals surface area contributed by atoms with E-state index in [0.717, 1.165) is 11.1 Å². The molecule has 92 valence electrons. The molecule has 0 radical (unpaired) electrons. The van der Waals surface area contributed by atoms with Crippen LogP contribution in [0.5, 0.6) is 0 Å². The molecule has 0 heterocycles. The van der Waals surface area contributed by atoms with Crippen molar-refractivity contribution in [3.05, 3.63) is 72.3 Å². The predicted octanol–water partition coefficient (Wildman–Crippen LogP) is 4.66. The van der Waals surface area contributed by atoms with Gasteiger partial charge in [0.1, 0.15) is 0 Å². The average molecular weight is 246 g/mol. The number of carbonyl (C=O) groups is 1. The molecule has 1 heteroatoms. The smallest absolute Gasteiger partial charge is 0.159 e. The third kappa shape index (κ3) is 2.15. The van der Waals surface area contributed by atoms with Crippen LogP contribution in [0.3, 0.4) is 0 Å². The van der Waals surface area contributed by atoms with Crippen molar-refractivity contribution in [1.29, 1.82) is 0 Å². The molecule has 3 rings (SSSR count). The van der Waals surface area contributed by atoms with Gasteiger partial charge in [-0.2, -0.15) is 0 Å². The van der Waals surface area contributed by atoms with Crippen LogP contribution in [0.2, 0.25) is 0 Å². The van der Waals surface area contributed by atoms with Gasteiger partial charge in [0.25, 0.3) is 0 Å². The van der Waals surface area contributed by atoms with Crippen LogP contribution >= 0.6 is 0 Å². The summed E-state index contributed by atoms with van der Waals surface area (Å²) in [6.45, 7) is 1.59. The lowest BCUT2D eigenvalue weighted by Crippen LogP contribution is -1.90. The van der Waals surface area contributed by atoms with Crippen LogP contribution < -0.4 is 0 Å². The Morgan fingerprint density at radius 2 is 1.26 bits per heavy atom. The summed E-state index contributed by atoms with van der Waals surface area (Å²) >= 11 is 0. The van der Waals surface area contributed by atoms with Crippen LogP contribution in [0.1, 0.15) is 17.3 Å². The van der Waals surface area contributed by atoms with Gasteiger partial charge in [-0.1, -0.05) is 66.7 Å². The van der Waals surface area contributed by atoms with Crippen molar-refractivity contribution in [1.82, 2.24) is 0 Å². The highest BCUT2D eigenvalue weighted by Gasteiger charge is 2.09. The molecule has 0 fully saturated rings. The minimum absolute atomic E-state index is 0.102. The number of hydrogen-bond donors (Lipinski definition) is 0. The summed E-state index contributed by atoms with van der Waals surface area (Å²) in [7, 11) is 0. The van der Waals surface area contributed by atoms with Gasteiger partial charge in [-0.15, -0.1) is 0 Å². The Kier molecular flexibility index (Phi) is 2.88. The number of carbonyl (C=O) groups excluding carboxylic acids is 1. The van der Waals surface area contributed by atoms with Gasteiger partial charge >= 0.3 is 0 Å². The second-order valence-electron chi connectivity index (χ2n) is 4.66. The topological polar surface area (TPSA) is 17.1 Å². The third-order valence-electron chi connectivity index (χ3n) is 3.39. The monoisotopic (exact) mass is 246 g/mol. The van der Waals surface area contributed by atoms with Gasteiger partial charge in [-0.25, -0.2) is 0 Å². The van der Waals surface area contributed by atoms with Crippen LogP contribution in [-0.4, -0.2) is 5.78 Å². The van der Waals surface area contributed by atoms with Crippen molar-refractivity contribution in [2.45, 2.75) is 6.92 Å². The second-order valence-corrected chi connectivity index (χ2v) is 4.66. The highest BCUT2D eigenvalue weighted by molar-refractivity contribution is 5.95. The molecule has 0 saturated carbocycles. The molecule has 0 aliphatic heterocycles. The van der Waals surface area contributed by atoms with Gasteiger partial charge in [0, 0.05) is 5.56 Å². The van der Waals surface area contributed by atoms with Crippen molar-refractivity contribution >= 4 is 5.78 Å². The molecule has 0 saturated heterocycles. The Hall–Kier alpha value is -2.41. The van der Waals surface area contributed by atoms with Gasteiger partial charge in [-0.3, -0.25) is 4.79 Å². The van der Waals surface area contributed by atoms with E-state index in [2.05, 4.69) is 30.3 Å². The number of Topliss-reactive ketones (excluding diaryl/α,β-unsaturated/α-hetero) is 1. The van der Waals surface area contributed by atoms with Crippen LogP contribution in [0.4, 0.5) is 0 Å². The summed E-state index contributed by atoms with van der Waals surface area (Å²) in [5.41, 5.74) is 5.58. The molecular weight excluding hydrogens is 232 g/mol. The predicted molar refractivity (Wildman–Crippen MR) is 78.5 cm³/mol. The zero-order valence-electron chi connectivity index (χ0n) is 10.8. The first-order chi connectivity index (χ1) is 9.25. The van der Waals surface area contributed by atoms with Crippen molar-refractivity contribution in [3.63, 3.8) is 0 Å². The molecule has 1 nitrogen and oxygen atoms in total. The second kappa shape index (κ2) is 4.69. The number of hydrogen-bond acceptors (Lipinski definition) is 1. The Morgan fingerprint density at radius 3 is 2.00 bits per heavy atom. The van der Waals surface area contributed by atoms with Crippen molar-refractivity contribution in [2.75, 3.05) is 0 Å². The number of ketones is 1. The number of fused-ring (bicyclic) bond motifs is 1. The lowest BCUT2D eigenvalue weighted by atomic mass is 10.0. The average Bonchev–Trinajstić information content (AvgIpc) is 2.68. The summed E-state index contributed by atoms with van der Waals surface area (Å²) in [4.78, 5) is 11.3. The van der Waals surface area contributed by atoms with Gasteiger partial charge in [0.15, 0.2) is 5.78 Å². The van der Waals surface area contributed by atoms with Crippen molar-refractivity contribution in [3.8, 4) is 22.3 Å². The molecule has 2 aliphatic rings. The highest BCUT2D eigenvalue weighted by Crippen LogP contribution is 2.34. The zero-order valence-corrected chi connectivity index (χ0v) is 10.8. The first kappa shape index (κ1) is 11.7. The minimum Gasteiger partial charge on any atom is -0.295 e. The van der Waals surface area contributed by atoms with Gasteiger partial charge in [-0.05, 0) is 29.2 Å². The number of benzene rings is 1. The Morgan fingerprint density at radius 1 is 0.684 bits per heavy atom. The van der Waals surface area contributed by atoms with Crippen LogP contribution in [0.15, 0.2) is 66.7 Å². The first-order valence-corrected chi connectivity index (χ1v) is 6.35. The van der Waals surface area contributed by atoms with E-state index in [4.69, 9.17) is 0 Å². The van der Waals surface area contributed by atoms with E-state index < -0.39 is 0 Å². The van der Waals surface area contributed by atoms with Crippen LogP contribution in [-0.2, 0) is 0 Å². The Labute approximate surface area is 112 Å². The van der Waals surface area contributed by atoms with Gasteiger partial charge in [0.05, 0.1) is 0 Å². The summed E-state index contributed by atoms with van der Waals surface area (Å²) in [5, 5.41) is 0. The maximum absolute atomic E-state index is 11.3. The molecule has 0 N–H and O–H groups in total. The Bertz CT molecular complexity index is 695. The summed E-state index contributed by atoms with van der Waals surface area (Å²) < 4.78 is 0. The zero-order chi connectivity index (χ0) is 13.2. The van der Waals surface area contributed by atoms with E-state index in [1.165, 1.54) is 16.7 Å². The molecule has 2 aliphatic carbocycles. The highest BCUT2D eigenvalue weighted by atomic mass is 16.1. The molecule has 0 aromatic heterocycles. The molecule has 0 bridgehead atoms. The normalized spacial score (nSPS) is 10.6.